The molecular weight excluding hydrogens is 256 g/mol. The molecule has 0 bridgehead atoms. The van der Waals surface area contributed by atoms with E-state index in [1.165, 1.54) is 31.7 Å². The first kappa shape index (κ1) is 13.1. The van der Waals surface area contributed by atoms with E-state index >= 15 is 0 Å². The fourth-order valence-electron chi connectivity index (χ4n) is 3.68. The van der Waals surface area contributed by atoms with Gasteiger partial charge in [0, 0.05) is 12.6 Å². The van der Waals surface area contributed by atoms with Gasteiger partial charge in [-0.1, -0.05) is 12.8 Å². The molecule has 1 aromatic rings. The Balaban J connectivity index is 1.92. The van der Waals surface area contributed by atoms with Gasteiger partial charge in [0.15, 0.2) is 0 Å². The second-order valence-electron chi connectivity index (χ2n) is 5.81. The number of hydrogen-bond donors (Lipinski definition) is 1. The quantitative estimate of drug-likeness (QED) is 0.663. The minimum absolute atomic E-state index is 0.0328. The molecule has 2 N–H and O–H groups in total. The van der Waals surface area contributed by atoms with Gasteiger partial charge < -0.3 is 10.6 Å². The predicted octanol–water partition coefficient (Wildman–Crippen LogP) is 2.73. The second kappa shape index (κ2) is 5.26. The third kappa shape index (κ3) is 2.42. The molecule has 2 atom stereocenters. The summed E-state index contributed by atoms with van der Waals surface area (Å²) in [7, 11) is 0. The molecule has 2 unspecified atom stereocenters. The van der Waals surface area contributed by atoms with Crippen LogP contribution in [-0.4, -0.2) is 22.5 Å². The Hall–Kier alpha value is -1.85. The SMILES string of the molecule is Nc1cc([N+](=O)[O-])cc(N2CCCC3CCCCC32)n1. The number of anilines is 2. The van der Waals surface area contributed by atoms with Crippen molar-refractivity contribution in [2.75, 3.05) is 17.2 Å². The van der Waals surface area contributed by atoms with Crippen molar-refractivity contribution in [3.63, 3.8) is 0 Å². The van der Waals surface area contributed by atoms with Gasteiger partial charge in [-0.2, -0.15) is 0 Å². The normalized spacial score (nSPS) is 26.1. The van der Waals surface area contributed by atoms with E-state index in [9.17, 15) is 10.1 Å². The molecule has 2 heterocycles. The molecule has 108 valence electrons. The summed E-state index contributed by atoms with van der Waals surface area (Å²) >= 11 is 0. The summed E-state index contributed by atoms with van der Waals surface area (Å²) in [5.41, 5.74) is 5.76. The van der Waals surface area contributed by atoms with Crippen LogP contribution in [0.5, 0.6) is 0 Å². The van der Waals surface area contributed by atoms with Crippen LogP contribution in [0.4, 0.5) is 17.3 Å². The lowest BCUT2D eigenvalue weighted by Crippen LogP contribution is -2.47. The fraction of sp³-hybridized carbons (Fsp3) is 0.643. The minimum atomic E-state index is -0.399. The van der Waals surface area contributed by atoms with Crippen molar-refractivity contribution in [3.05, 3.63) is 22.2 Å². The average Bonchev–Trinajstić information content (AvgIpc) is 2.46. The number of nitrogen functional groups attached to an aromatic ring is 1. The highest BCUT2D eigenvalue weighted by Crippen LogP contribution is 2.38. The molecule has 3 rings (SSSR count). The van der Waals surface area contributed by atoms with Crippen molar-refractivity contribution in [1.29, 1.82) is 0 Å². The van der Waals surface area contributed by atoms with E-state index in [1.54, 1.807) is 6.07 Å². The number of aromatic nitrogens is 1. The molecule has 0 amide bonds. The Morgan fingerprint density at radius 1 is 1.25 bits per heavy atom. The lowest BCUT2D eigenvalue weighted by molar-refractivity contribution is -0.384. The van der Waals surface area contributed by atoms with Crippen LogP contribution in [0.1, 0.15) is 38.5 Å². The molecule has 1 aromatic heterocycles. The molecule has 1 aliphatic carbocycles. The molecule has 20 heavy (non-hydrogen) atoms. The number of hydrogen-bond acceptors (Lipinski definition) is 5. The molecule has 6 heteroatoms. The van der Waals surface area contributed by atoms with Gasteiger partial charge in [0.1, 0.15) is 11.6 Å². The third-order valence-corrected chi connectivity index (χ3v) is 4.56. The summed E-state index contributed by atoms with van der Waals surface area (Å²) in [5.74, 6) is 1.61. The molecule has 1 saturated carbocycles. The molecule has 6 nitrogen and oxygen atoms in total. The number of fused-ring (bicyclic) bond motifs is 1. The monoisotopic (exact) mass is 276 g/mol. The first-order valence-electron chi connectivity index (χ1n) is 7.34. The predicted molar refractivity (Wildman–Crippen MR) is 77.6 cm³/mol. The van der Waals surface area contributed by atoms with E-state index in [4.69, 9.17) is 5.73 Å². The number of nitro groups is 1. The molecule has 2 aliphatic rings. The van der Waals surface area contributed by atoms with Crippen molar-refractivity contribution in [3.8, 4) is 0 Å². The number of nitrogens with two attached hydrogens (primary N) is 1. The number of rotatable bonds is 2. The van der Waals surface area contributed by atoms with E-state index < -0.39 is 4.92 Å². The van der Waals surface area contributed by atoms with Crippen molar-refractivity contribution in [1.82, 2.24) is 4.98 Å². The van der Waals surface area contributed by atoms with Crippen LogP contribution < -0.4 is 10.6 Å². The van der Waals surface area contributed by atoms with E-state index in [1.807, 2.05) is 0 Å². The van der Waals surface area contributed by atoms with Crippen LogP contribution in [0.15, 0.2) is 12.1 Å². The van der Waals surface area contributed by atoms with Crippen molar-refractivity contribution in [2.24, 2.45) is 5.92 Å². The van der Waals surface area contributed by atoms with E-state index in [-0.39, 0.29) is 11.5 Å². The standard InChI is InChI=1S/C14H20N4O2/c15-13-8-11(18(19)20)9-14(16-13)17-7-3-5-10-4-1-2-6-12(10)17/h8-10,12H,1-7H2,(H2,15,16). The largest absolute Gasteiger partial charge is 0.383 e. The highest BCUT2D eigenvalue weighted by atomic mass is 16.6. The number of nitrogens with zero attached hydrogens (tertiary/aromatic N) is 3. The Morgan fingerprint density at radius 3 is 2.80 bits per heavy atom. The van der Waals surface area contributed by atoms with Crippen molar-refractivity contribution < 1.29 is 4.92 Å². The third-order valence-electron chi connectivity index (χ3n) is 4.56. The Morgan fingerprint density at radius 2 is 2.00 bits per heavy atom. The van der Waals surface area contributed by atoms with Crippen LogP contribution in [-0.2, 0) is 0 Å². The lowest BCUT2D eigenvalue weighted by Gasteiger charge is -2.44. The van der Waals surface area contributed by atoms with Crippen LogP contribution in [0, 0.1) is 16.0 Å². The Kier molecular flexibility index (Phi) is 3.46. The number of piperidine rings is 1. The average molecular weight is 276 g/mol. The van der Waals surface area contributed by atoms with Crippen molar-refractivity contribution >= 4 is 17.3 Å². The fourth-order valence-corrected chi connectivity index (χ4v) is 3.68. The Labute approximate surface area is 118 Å². The van der Waals surface area contributed by atoms with E-state index in [0.29, 0.717) is 17.8 Å². The Bertz CT molecular complexity index is 518. The molecule has 0 spiro atoms. The van der Waals surface area contributed by atoms with Gasteiger partial charge in [0.25, 0.3) is 5.69 Å². The maximum atomic E-state index is 11.0. The summed E-state index contributed by atoms with van der Waals surface area (Å²) in [6.45, 7) is 0.925. The summed E-state index contributed by atoms with van der Waals surface area (Å²) < 4.78 is 0. The van der Waals surface area contributed by atoms with Gasteiger partial charge in [-0.15, -0.1) is 0 Å². The molecule has 2 fully saturated rings. The topological polar surface area (TPSA) is 85.3 Å². The van der Waals surface area contributed by atoms with Gasteiger partial charge in [0.2, 0.25) is 0 Å². The lowest BCUT2D eigenvalue weighted by atomic mass is 9.78. The van der Waals surface area contributed by atoms with Crippen LogP contribution in [0.2, 0.25) is 0 Å². The van der Waals surface area contributed by atoms with Gasteiger partial charge >= 0.3 is 0 Å². The maximum absolute atomic E-state index is 11.0. The van der Waals surface area contributed by atoms with Crippen molar-refractivity contribution in [2.45, 2.75) is 44.6 Å². The molecule has 0 aromatic carbocycles. The molecule has 1 aliphatic heterocycles. The highest BCUT2D eigenvalue weighted by Gasteiger charge is 2.34. The summed E-state index contributed by atoms with van der Waals surface area (Å²) in [6.07, 6.45) is 7.37. The zero-order valence-electron chi connectivity index (χ0n) is 11.5. The second-order valence-corrected chi connectivity index (χ2v) is 5.81. The minimum Gasteiger partial charge on any atom is -0.383 e. The molecule has 0 radical (unpaired) electrons. The van der Waals surface area contributed by atoms with Gasteiger partial charge in [-0.3, -0.25) is 10.1 Å². The highest BCUT2D eigenvalue weighted by molar-refractivity contribution is 5.55. The zero-order chi connectivity index (χ0) is 14.1. The van der Waals surface area contributed by atoms with E-state index in [2.05, 4.69) is 9.88 Å². The maximum Gasteiger partial charge on any atom is 0.276 e. The molecule has 1 saturated heterocycles. The summed E-state index contributed by atoms with van der Waals surface area (Å²) in [6, 6.07) is 3.37. The van der Waals surface area contributed by atoms with Gasteiger partial charge in [-0.05, 0) is 31.6 Å². The van der Waals surface area contributed by atoms with Crippen LogP contribution >= 0.6 is 0 Å². The first-order chi connectivity index (χ1) is 9.65. The number of pyridine rings is 1. The van der Waals surface area contributed by atoms with E-state index in [0.717, 1.165) is 19.4 Å². The smallest absolute Gasteiger partial charge is 0.276 e. The first-order valence-corrected chi connectivity index (χ1v) is 7.34. The zero-order valence-corrected chi connectivity index (χ0v) is 11.5. The summed E-state index contributed by atoms with van der Waals surface area (Å²) in [4.78, 5) is 17.2. The van der Waals surface area contributed by atoms with Gasteiger partial charge in [0.05, 0.1) is 17.1 Å². The van der Waals surface area contributed by atoms with Gasteiger partial charge in [-0.25, -0.2) is 4.98 Å². The summed E-state index contributed by atoms with van der Waals surface area (Å²) in [5, 5.41) is 11.0. The molecular formula is C14H20N4O2. The van der Waals surface area contributed by atoms with Crippen LogP contribution in [0.3, 0.4) is 0 Å². The van der Waals surface area contributed by atoms with Crippen LogP contribution in [0.25, 0.3) is 0 Å².